The maximum absolute atomic E-state index is 6.40. The molecule has 0 aliphatic heterocycles. The highest BCUT2D eigenvalue weighted by Gasteiger charge is 2.18. The summed E-state index contributed by atoms with van der Waals surface area (Å²) in [5.74, 6) is 1.49. The molecule has 0 fully saturated rings. The first kappa shape index (κ1) is 18.2. The van der Waals surface area contributed by atoms with E-state index >= 15 is 0 Å². The van der Waals surface area contributed by atoms with E-state index in [4.69, 9.17) is 10.5 Å². The molecule has 0 bridgehead atoms. The molecule has 7 heteroatoms. The van der Waals surface area contributed by atoms with E-state index in [-0.39, 0.29) is 0 Å². The van der Waals surface area contributed by atoms with E-state index < -0.39 is 0 Å². The van der Waals surface area contributed by atoms with E-state index in [0.29, 0.717) is 29.7 Å². The van der Waals surface area contributed by atoms with Crippen LogP contribution in [0, 0.1) is 0 Å². The standard InChI is InChI=1S/C21H18BrN5O/c1-2-27(14-7-4-3-5-8-14)20-18(23)21(26-13-25-20)28-17-11-10-16(22)15-9-6-12-24-19(15)17/h3-13H,2,23H2,1H3. The molecule has 140 valence electrons. The number of hydrogen-bond acceptors (Lipinski definition) is 6. The SMILES string of the molecule is CCN(c1ccccc1)c1ncnc(Oc2ccc(Br)c3cccnc23)c1N. The van der Waals surface area contributed by atoms with Gasteiger partial charge in [0.25, 0.3) is 0 Å². The highest BCUT2D eigenvalue weighted by Crippen LogP contribution is 2.37. The number of benzene rings is 2. The van der Waals surface area contributed by atoms with E-state index in [0.717, 1.165) is 21.1 Å². The highest BCUT2D eigenvalue weighted by molar-refractivity contribution is 9.10. The fraction of sp³-hybridized carbons (Fsp3) is 0.0952. The fourth-order valence-corrected chi connectivity index (χ4v) is 3.48. The Morgan fingerprint density at radius 1 is 1.00 bits per heavy atom. The second-order valence-electron chi connectivity index (χ2n) is 6.04. The average molecular weight is 436 g/mol. The van der Waals surface area contributed by atoms with Gasteiger partial charge in [-0.2, -0.15) is 4.98 Å². The van der Waals surface area contributed by atoms with Crippen molar-refractivity contribution in [1.82, 2.24) is 15.0 Å². The zero-order valence-electron chi connectivity index (χ0n) is 15.2. The zero-order chi connectivity index (χ0) is 19.5. The lowest BCUT2D eigenvalue weighted by atomic mass is 10.2. The topological polar surface area (TPSA) is 77.2 Å². The molecule has 6 nitrogen and oxygen atoms in total. The van der Waals surface area contributed by atoms with Crippen LogP contribution in [0.2, 0.25) is 0 Å². The summed E-state index contributed by atoms with van der Waals surface area (Å²) in [4.78, 5) is 15.1. The summed E-state index contributed by atoms with van der Waals surface area (Å²) in [6.45, 7) is 2.74. The molecule has 2 aromatic carbocycles. The van der Waals surface area contributed by atoms with Crippen LogP contribution in [0.3, 0.4) is 0 Å². The van der Waals surface area contributed by atoms with Gasteiger partial charge in [-0.1, -0.05) is 40.2 Å². The number of fused-ring (bicyclic) bond motifs is 1. The molecule has 0 atom stereocenters. The summed E-state index contributed by atoms with van der Waals surface area (Å²) in [7, 11) is 0. The molecular formula is C21H18BrN5O. The lowest BCUT2D eigenvalue weighted by Crippen LogP contribution is -2.19. The predicted molar refractivity (Wildman–Crippen MR) is 115 cm³/mol. The van der Waals surface area contributed by atoms with Gasteiger partial charge in [0.15, 0.2) is 11.6 Å². The minimum absolute atomic E-state index is 0.300. The molecule has 0 amide bonds. The number of anilines is 3. The number of nitrogens with zero attached hydrogens (tertiary/aromatic N) is 4. The summed E-state index contributed by atoms with van der Waals surface area (Å²) in [6, 6.07) is 17.6. The van der Waals surface area contributed by atoms with Gasteiger partial charge in [-0.3, -0.25) is 4.98 Å². The first-order chi connectivity index (χ1) is 13.7. The maximum atomic E-state index is 6.40. The van der Waals surface area contributed by atoms with Crippen LogP contribution in [-0.4, -0.2) is 21.5 Å². The van der Waals surface area contributed by atoms with Crippen molar-refractivity contribution in [2.24, 2.45) is 0 Å². The molecule has 0 aliphatic carbocycles. The number of para-hydroxylation sites is 1. The zero-order valence-corrected chi connectivity index (χ0v) is 16.8. The molecule has 0 aliphatic rings. The van der Waals surface area contributed by atoms with Gasteiger partial charge < -0.3 is 15.4 Å². The smallest absolute Gasteiger partial charge is 0.248 e. The third kappa shape index (κ3) is 3.36. The van der Waals surface area contributed by atoms with E-state index in [9.17, 15) is 0 Å². The lowest BCUT2D eigenvalue weighted by molar-refractivity contribution is 0.468. The van der Waals surface area contributed by atoms with Gasteiger partial charge in [0.1, 0.15) is 17.5 Å². The van der Waals surface area contributed by atoms with Gasteiger partial charge in [0.2, 0.25) is 5.88 Å². The van der Waals surface area contributed by atoms with Gasteiger partial charge >= 0.3 is 0 Å². The normalized spacial score (nSPS) is 10.8. The largest absolute Gasteiger partial charge is 0.435 e. The van der Waals surface area contributed by atoms with Crippen LogP contribution in [0.4, 0.5) is 17.2 Å². The second-order valence-corrected chi connectivity index (χ2v) is 6.90. The minimum Gasteiger partial charge on any atom is -0.435 e. The molecule has 4 rings (SSSR count). The number of nitrogen functional groups attached to an aromatic ring is 1. The monoisotopic (exact) mass is 435 g/mol. The summed E-state index contributed by atoms with van der Waals surface area (Å²) in [6.07, 6.45) is 3.19. The molecule has 2 N–H and O–H groups in total. The average Bonchev–Trinajstić information content (AvgIpc) is 2.74. The van der Waals surface area contributed by atoms with Gasteiger partial charge in [-0.25, -0.2) is 4.98 Å². The van der Waals surface area contributed by atoms with Crippen molar-refractivity contribution in [2.75, 3.05) is 17.2 Å². The van der Waals surface area contributed by atoms with Crippen LogP contribution in [0.25, 0.3) is 10.9 Å². The maximum Gasteiger partial charge on any atom is 0.248 e. The van der Waals surface area contributed by atoms with Gasteiger partial charge in [0.05, 0.1) is 0 Å². The number of pyridine rings is 1. The highest BCUT2D eigenvalue weighted by atomic mass is 79.9. The van der Waals surface area contributed by atoms with Gasteiger partial charge in [-0.15, -0.1) is 0 Å². The molecule has 28 heavy (non-hydrogen) atoms. The Bertz CT molecular complexity index is 1120. The molecule has 0 unspecified atom stereocenters. The van der Waals surface area contributed by atoms with E-state index in [1.807, 2.05) is 66.4 Å². The van der Waals surface area contributed by atoms with Crippen molar-refractivity contribution in [3.63, 3.8) is 0 Å². The van der Waals surface area contributed by atoms with Crippen LogP contribution < -0.4 is 15.4 Å². The summed E-state index contributed by atoms with van der Waals surface area (Å²) < 4.78 is 7.01. The molecule has 0 saturated heterocycles. The van der Waals surface area contributed by atoms with Crippen molar-refractivity contribution in [3.05, 3.63) is 71.6 Å². The molecule has 0 saturated carbocycles. The molecule has 2 heterocycles. The molecule has 2 aromatic heterocycles. The number of rotatable bonds is 5. The second kappa shape index (κ2) is 7.82. The van der Waals surface area contributed by atoms with Crippen molar-refractivity contribution in [3.8, 4) is 11.6 Å². The Morgan fingerprint density at radius 2 is 1.82 bits per heavy atom. The Morgan fingerprint density at radius 3 is 2.61 bits per heavy atom. The summed E-state index contributed by atoms with van der Waals surface area (Å²) in [5, 5.41) is 0.951. The molecule has 0 spiro atoms. The quantitative estimate of drug-likeness (QED) is 0.456. The fourth-order valence-electron chi connectivity index (χ4n) is 3.03. The number of aromatic nitrogens is 3. The van der Waals surface area contributed by atoms with E-state index in [1.54, 1.807) is 6.20 Å². The number of ether oxygens (including phenoxy) is 1. The van der Waals surface area contributed by atoms with Crippen LogP contribution in [-0.2, 0) is 0 Å². The molecule has 0 radical (unpaired) electrons. The molecular weight excluding hydrogens is 418 g/mol. The Labute approximate surface area is 171 Å². The van der Waals surface area contributed by atoms with Crippen LogP contribution in [0.5, 0.6) is 11.6 Å². The Balaban J connectivity index is 1.75. The van der Waals surface area contributed by atoms with Crippen LogP contribution in [0.1, 0.15) is 6.92 Å². The predicted octanol–water partition coefficient (Wildman–Crippen LogP) is 5.32. The van der Waals surface area contributed by atoms with Gasteiger partial charge in [0, 0.05) is 28.3 Å². The third-order valence-electron chi connectivity index (χ3n) is 4.35. The summed E-state index contributed by atoms with van der Waals surface area (Å²) in [5.41, 5.74) is 8.50. The van der Waals surface area contributed by atoms with Crippen LogP contribution >= 0.6 is 15.9 Å². The number of nitrogens with two attached hydrogens (primary N) is 1. The summed E-state index contributed by atoms with van der Waals surface area (Å²) >= 11 is 3.54. The Kier molecular flexibility index (Phi) is 5.08. The van der Waals surface area contributed by atoms with Crippen molar-refractivity contribution < 1.29 is 4.74 Å². The Hall–Kier alpha value is -3.19. The molecule has 4 aromatic rings. The number of hydrogen-bond donors (Lipinski definition) is 1. The lowest BCUT2D eigenvalue weighted by Gasteiger charge is -2.23. The van der Waals surface area contributed by atoms with Crippen molar-refractivity contribution >= 4 is 44.0 Å². The van der Waals surface area contributed by atoms with Crippen molar-refractivity contribution in [2.45, 2.75) is 6.92 Å². The van der Waals surface area contributed by atoms with Gasteiger partial charge in [-0.05, 0) is 37.3 Å². The minimum atomic E-state index is 0.300. The van der Waals surface area contributed by atoms with E-state index in [2.05, 4.69) is 30.9 Å². The first-order valence-corrected chi connectivity index (χ1v) is 9.62. The van der Waals surface area contributed by atoms with E-state index in [1.165, 1.54) is 6.33 Å². The van der Waals surface area contributed by atoms with Crippen LogP contribution in [0.15, 0.2) is 71.6 Å². The number of halogens is 1. The first-order valence-electron chi connectivity index (χ1n) is 8.83. The third-order valence-corrected chi connectivity index (χ3v) is 5.04. The van der Waals surface area contributed by atoms with Crippen molar-refractivity contribution in [1.29, 1.82) is 0 Å².